The second-order valence-corrected chi connectivity index (χ2v) is 8.41. The molecule has 0 atom stereocenters. The predicted molar refractivity (Wildman–Crippen MR) is 104 cm³/mol. The van der Waals surface area contributed by atoms with Gasteiger partial charge in [0, 0.05) is 17.0 Å². The van der Waals surface area contributed by atoms with Gasteiger partial charge in [-0.3, -0.25) is 4.79 Å². The Balaban J connectivity index is 2.20. The van der Waals surface area contributed by atoms with E-state index in [1.807, 2.05) is 38.1 Å². The molecule has 0 fully saturated rings. The van der Waals surface area contributed by atoms with E-state index < -0.39 is 5.97 Å². The number of benzene rings is 1. The molecule has 140 valence electrons. The van der Waals surface area contributed by atoms with Crippen LogP contribution in [0.1, 0.15) is 66.0 Å². The number of aromatic nitrogens is 1. The molecule has 0 bridgehead atoms. The van der Waals surface area contributed by atoms with Crippen molar-refractivity contribution in [2.75, 3.05) is 7.11 Å². The minimum absolute atomic E-state index is 0.00951. The molecule has 0 radical (unpaired) electrons. The topological polar surface area (TPSA) is 59.5 Å². The smallest absolute Gasteiger partial charge is 0.357 e. The van der Waals surface area contributed by atoms with E-state index in [1.165, 1.54) is 24.0 Å². The number of rotatable bonds is 5. The molecule has 1 amide bonds. The summed E-state index contributed by atoms with van der Waals surface area (Å²) in [4.78, 5) is 30.5. The van der Waals surface area contributed by atoms with Crippen LogP contribution in [0.25, 0.3) is 0 Å². The first-order valence-corrected chi connectivity index (χ1v) is 9.45. The van der Waals surface area contributed by atoms with Gasteiger partial charge < -0.3 is 9.64 Å². The van der Waals surface area contributed by atoms with Crippen molar-refractivity contribution < 1.29 is 14.3 Å². The number of hydrogen-bond donors (Lipinski definition) is 0. The van der Waals surface area contributed by atoms with Gasteiger partial charge in [-0.1, -0.05) is 32.9 Å². The van der Waals surface area contributed by atoms with E-state index in [0.29, 0.717) is 17.1 Å². The summed E-state index contributed by atoms with van der Waals surface area (Å²) in [5.41, 5.74) is 2.16. The maximum atomic E-state index is 13.0. The highest BCUT2D eigenvalue weighted by molar-refractivity contribution is 7.09. The maximum Gasteiger partial charge on any atom is 0.357 e. The zero-order valence-corrected chi connectivity index (χ0v) is 17.0. The van der Waals surface area contributed by atoms with Crippen molar-refractivity contribution in [2.45, 2.75) is 52.6 Å². The summed E-state index contributed by atoms with van der Waals surface area (Å²) in [6.07, 6.45) is 0. The van der Waals surface area contributed by atoms with Gasteiger partial charge in [0.05, 0.1) is 13.7 Å². The van der Waals surface area contributed by atoms with Crippen molar-refractivity contribution in [3.63, 3.8) is 0 Å². The Morgan fingerprint density at radius 2 is 1.81 bits per heavy atom. The first-order chi connectivity index (χ1) is 12.1. The largest absolute Gasteiger partial charge is 0.464 e. The fraction of sp³-hybridized carbons (Fsp3) is 0.450. The van der Waals surface area contributed by atoms with Gasteiger partial charge in [-0.25, -0.2) is 9.78 Å². The number of carbonyl (C=O) groups excluding carboxylic acids is 2. The number of nitrogens with zero attached hydrogens (tertiary/aromatic N) is 2. The van der Waals surface area contributed by atoms with Gasteiger partial charge in [0.15, 0.2) is 5.69 Å². The molecule has 6 heteroatoms. The summed E-state index contributed by atoms with van der Waals surface area (Å²) in [5.74, 6) is -0.511. The second-order valence-electron chi connectivity index (χ2n) is 7.47. The molecule has 0 saturated carbocycles. The number of carbonyl (C=O) groups is 2. The van der Waals surface area contributed by atoms with Crippen molar-refractivity contribution in [2.24, 2.45) is 0 Å². The molecule has 1 aromatic heterocycles. The lowest BCUT2D eigenvalue weighted by Crippen LogP contribution is -2.36. The Morgan fingerprint density at radius 1 is 1.19 bits per heavy atom. The third-order valence-corrected chi connectivity index (χ3v) is 4.97. The highest BCUT2D eigenvalue weighted by atomic mass is 32.1. The molecular formula is C20H26N2O3S. The monoisotopic (exact) mass is 374 g/mol. The molecule has 1 aromatic carbocycles. The van der Waals surface area contributed by atoms with Crippen molar-refractivity contribution >= 4 is 23.2 Å². The Labute approximate surface area is 159 Å². The number of thiazole rings is 1. The van der Waals surface area contributed by atoms with Gasteiger partial charge in [0.2, 0.25) is 0 Å². The Kier molecular flexibility index (Phi) is 6.18. The molecule has 2 aromatic rings. The normalized spacial score (nSPS) is 11.5. The third-order valence-electron chi connectivity index (χ3n) is 4.13. The summed E-state index contributed by atoms with van der Waals surface area (Å²) in [7, 11) is 1.33. The summed E-state index contributed by atoms with van der Waals surface area (Å²) < 4.78 is 4.68. The second kappa shape index (κ2) is 7.99. The summed E-state index contributed by atoms with van der Waals surface area (Å²) in [5, 5.41) is 2.36. The number of amides is 1. The van der Waals surface area contributed by atoms with Crippen LogP contribution >= 0.6 is 11.3 Å². The fourth-order valence-corrected chi connectivity index (χ4v) is 3.26. The molecule has 5 nitrogen and oxygen atoms in total. The summed E-state index contributed by atoms with van der Waals surface area (Å²) in [6.45, 7) is 10.7. The van der Waals surface area contributed by atoms with Gasteiger partial charge in [0.1, 0.15) is 5.01 Å². The lowest BCUT2D eigenvalue weighted by molar-refractivity contribution is 0.0594. The van der Waals surface area contributed by atoms with Crippen molar-refractivity contribution in [3.05, 3.63) is 51.5 Å². The van der Waals surface area contributed by atoms with Crippen LogP contribution < -0.4 is 0 Å². The summed E-state index contributed by atoms with van der Waals surface area (Å²) in [6, 6.07) is 7.77. The average molecular weight is 375 g/mol. The highest BCUT2D eigenvalue weighted by Crippen LogP contribution is 2.23. The van der Waals surface area contributed by atoms with Crippen LogP contribution in [-0.4, -0.2) is 34.9 Å². The first kappa shape index (κ1) is 20.1. The molecule has 0 aliphatic heterocycles. The Hall–Kier alpha value is -2.21. The van der Waals surface area contributed by atoms with Crippen LogP contribution in [-0.2, 0) is 16.7 Å². The Bertz CT molecular complexity index is 773. The number of methoxy groups -OCH3 is 1. The molecule has 2 rings (SSSR count). The van der Waals surface area contributed by atoms with E-state index in [9.17, 15) is 9.59 Å². The van der Waals surface area contributed by atoms with Crippen LogP contribution in [0.5, 0.6) is 0 Å². The SMILES string of the molecule is COC(=O)c1csc(CN(C(=O)c2ccc(C(C)(C)C)cc2)C(C)C)n1. The van der Waals surface area contributed by atoms with E-state index in [4.69, 9.17) is 0 Å². The van der Waals surface area contributed by atoms with Gasteiger partial charge >= 0.3 is 5.97 Å². The molecule has 0 aliphatic rings. The van der Waals surface area contributed by atoms with E-state index in [-0.39, 0.29) is 23.1 Å². The Morgan fingerprint density at radius 3 is 2.31 bits per heavy atom. The van der Waals surface area contributed by atoms with E-state index >= 15 is 0 Å². The van der Waals surface area contributed by atoms with Gasteiger partial charge in [-0.05, 0) is 37.0 Å². The lowest BCUT2D eigenvalue weighted by atomic mass is 9.86. The van der Waals surface area contributed by atoms with Crippen LogP contribution in [0.2, 0.25) is 0 Å². The van der Waals surface area contributed by atoms with Crippen LogP contribution in [0.15, 0.2) is 29.6 Å². The predicted octanol–water partition coefficient (Wildman–Crippen LogP) is 4.28. The quantitative estimate of drug-likeness (QED) is 0.733. The van der Waals surface area contributed by atoms with Crippen LogP contribution in [0.3, 0.4) is 0 Å². The molecule has 0 spiro atoms. The maximum absolute atomic E-state index is 13.0. The molecule has 0 saturated heterocycles. The van der Waals surface area contributed by atoms with Gasteiger partial charge in [-0.15, -0.1) is 11.3 Å². The van der Waals surface area contributed by atoms with E-state index in [0.717, 1.165) is 0 Å². The van der Waals surface area contributed by atoms with E-state index in [2.05, 4.69) is 30.5 Å². The molecule has 0 N–H and O–H groups in total. The molecule has 1 heterocycles. The highest BCUT2D eigenvalue weighted by Gasteiger charge is 2.22. The zero-order valence-electron chi connectivity index (χ0n) is 16.2. The first-order valence-electron chi connectivity index (χ1n) is 8.57. The minimum atomic E-state index is -0.465. The van der Waals surface area contributed by atoms with Crippen molar-refractivity contribution in [1.82, 2.24) is 9.88 Å². The molecule has 26 heavy (non-hydrogen) atoms. The fourth-order valence-electron chi connectivity index (χ4n) is 2.50. The van der Waals surface area contributed by atoms with Crippen LogP contribution in [0.4, 0.5) is 0 Å². The summed E-state index contributed by atoms with van der Waals surface area (Å²) >= 11 is 1.35. The number of hydrogen-bond acceptors (Lipinski definition) is 5. The standard InChI is InChI=1S/C20H26N2O3S/c1-13(2)22(11-17-21-16(12-26-17)19(24)25-6)18(23)14-7-9-15(10-8-14)20(3,4)5/h7-10,12-13H,11H2,1-6H3. The van der Waals surface area contributed by atoms with Gasteiger partial charge in [0.25, 0.3) is 5.91 Å². The van der Waals surface area contributed by atoms with Crippen molar-refractivity contribution in [3.8, 4) is 0 Å². The molecule has 0 unspecified atom stereocenters. The van der Waals surface area contributed by atoms with E-state index in [1.54, 1.807) is 10.3 Å². The molecular weight excluding hydrogens is 348 g/mol. The lowest BCUT2D eigenvalue weighted by Gasteiger charge is -2.26. The third kappa shape index (κ3) is 4.69. The minimum Gasteiger partial charge on any atom is -0.464 e. The average Bonchev–Trinajstić information content (AvgIpc) is 3.06. The van der Waals surface area contributed by atoms with Crippen LogP contribution in [0, 0.1) is 0 Å². The number of esters is 1. The zero-order chi connectivity index (χ0) is 19.5. The van der Waals surface area contributed by atoms with Crippen molar-refractivity contribution in [1.29, 1.82) is 0 Å². The van der Waals surface area contributed by atoms with Gasteiger partial charge in [-0.2, -0.15) is 0 Å². The molecule has 0 aliphatic carbocycles. The number of ether oxygens (including phenoxy) is 1.